The molecule has 0 heterocycles. The highest BCUT2D eigenvalue weighted by atomic mass is 16.6. The number of hydrogen-bond donors (Lipinski definition) is 2. The SMILES string of the molecule is Cc1cc([N+](=O)[O-])ccc1OC(CCN)C(=O)O. The Bertz CT molecular complexity index is 461. The summed E-state index contributed by atoms with van der Waals surface area (Å²) in [7, 11) is 0. The number of carboxylic acid groups (broad SMARTS) is 1. The van der Waals surface area contributed by atoms with E-state index in [0.717, 1.165) is 0 Å². The van der Waals surface area contributed by atoms with Crippen molar-refractivity contribution < 1.29 is 19.6 Å². The summed E-state index contributed by atoms with van der Waals surface area (Å²) in [6.07, 6.45) is -0.874. The van der Waals surface area contributed by atoms with Gasteiger partial charge in [0.1, 0.15) is 5.75 Å². The van der Waals surface area contributed by atoms with Gasteiger partial charge >= 0.3 is 5.97 Å². The van der Waals surface area contributed by atoms with E-state index in [1.165, 1.54) is 18.2 Å². The van der Waals surface area contributed by atoms with Gasteiger partial charge in [-0.15, -0.1) is 0 Å². The standard InChI is InChI=1S/C11H14N2O5/c1-7-6-8(13(16)17)2-3-9(7)18-10(4-5-12)11(14)15/h2-3,6,10H,4-5,12H2,1H3,(H,14,15). The van der Waals surface area contributed by atoms with Gasteiger partial charge in [0.05, 0.1) is 4.92 Å². The highest BCUT2D eigenvalue weighted by molar-refractivity contribution is 5.72. The Balaban J connectivity index is 2.90. The summed E-state index contributed by atoms with van der Waals surface area (Å²) in [5.74, 6) is -0.806. The van der Waals surface area contributed by atoms with Crippen LogP contribution in [0.25, 0.3) is 0 Å². The molecule has 0 saturated carbocycles. The second kappa shape index (κ2) is 5.97. The van der Waals surface area contributed by atoms with E-state index in [2.05, 4.69) is 0 Å². The van der Waals surface area contributed by atoms with Gasteiger partial charge in [0.25, 0.3) is 5.69 Å². The summed E-state index contributed by atoms with van der Waals surface area (Å²) < 4.78 is 5.28. The minimum Gasteiger partial charge on any atom is -0.479 e. The molecule has 1 aromatic carbocycles. The van der Waals surface area contributed by atoms with Gasteiger partial charge in [0.2, 0.25) is 0 Å². The zero-order valence-electron chi connectivity index (χ0n) is 9.83. The number of benzene rings is 1. The van der Waals surface area contributed by atoms with Gasteiger partial charge in [-0.2, -0.15) is 0 Å². The predicted molar refractivity (Wildman–Crippen MR) is 63.6 cm³/mol. The zero-order chi connectivity index (χ0) is 13.7. The van der Waals surface area contributed by atoms with Gasteiger partial charge < -0.3 is 15.6 Å². The number of nitrogens with two attached hydrogens (primary N) is 1. The van der Waals surface area contributed by atoms with Crippen LogP contribution in [-0.2, 0) is 4.79 Å². The maximum Gasteiger partial charge on any atom is 0.344 e. The van der Waals surface area contributed by atoms with Crippen molar-refractivity contribution in [3.05, 3.63) is 33.9 Å². The van der Waals surface area contributed by atoms with Crippen molar-refractivity contribution in [3.8, 4) is 5.75 Å². The van der Waals surface area contributed by atoms with E-state index >= 15 is 0 Å². The topological polar surface area (TPSA) is 116 Å². The van der Waals surface area contributed by atoms with Crippen LogP contribution < -0.4 is 10.5 Å². The number of hydrogen-bond acceptors (Lipinski definition) is 5. The third kappa shape index (κ3) is 3.42. The number of non-ortho nitro benzene ring substituents is 1. The van der Waals surface area contributed by atoms with Crippen LogP contribution in [0.2, 0.25) is 0 Å². The van der Waals surface area contributed by atoms with Crippen molar-refractivity contribution in [1.29, 1.82) is 0 Å². The molecule has 1 unspecified atom stereocenters. The van der Waals surface area contributed by atoms with Crippen molar-refractivity contribution in [2.45, 2.75) is 19.4 Å². The van der Waals surface area contributed by atoms with Crippen LogP contribution >= 0.6 is 0 Å². The van der Waals surface area contributed by atoms with Crippen molar-refractivity contribution in [2.75, 3.05) is 6.54 Å². The molecular formula is C11H14N2O5. The molecule has 0 saturated heterocycles. The summed E-state index contributed by atoms with van der Waals surface area (Å²) in [5, 5.41) is 19.5. The molecule has 3 N–H and O–H groups in total. The van der Waals surface area contributed by atoms with Crippen LogP contribution in [0.15, 0.2) is 18.2 Å². The first kappa shape index (κ1) is 13.9. The first-order chi connectivity index (χ1) is 8.45. The average molecular weight is 254 g/mol. The Morgan fingerprint density at radius 3 is 2.72 bits per heavy atom. The monoisotopic (exact) mass is 254 g/mol. The average Bonchev–Trinajstić information content (AvgIpc) is 2.30. The first-order valence-corrected chi connectivity index (χ1v) is 5.30. The van der Waals surface area contributed by atoms with E-state index in [1.807, 2.05) is 0 Å². The first-order valence-electron chi connectivity index (χ1n) is 5.30. The van der Waals surface area contributed by atoms with Crippen molar-refractivity contribution in [3.63, 3.8) is 0 Å². The van der Waals surface area contributed by atoms with Gasteiger partial charge in [0, 0.05) is 18.6 Å². The second-order valence-electron chi connectivity index (χ2n) is 3.73. The molecule has 0 amide bonds. The van der Waals surface area contributed by atoms with Crippen molar-refractivity contribution in [2.24, 2.45) is 5.73 Å². The van der Waals surface area contributed by atoms with Gasteiger partial charge in [-0.05, 0) is 25.1 Å². The molecule has 1 rings (SSSR count). The van der Waals surface area contributed by atoms with E-state index in [-0.39, 0.29) is 18.7 Å². The van der Waals surface area contributed by atoms with Crippen molar-refractivity contribution >= 4 is 11.7 Å². The summed E-state index contributed by atoms with van der Waals surface area (Å²) in [4.78, 5) is 20.9. The largest absolute Gasteiger partial charge is 0.479 e. The van der Waals surface area contributed by atoms with Gasteiger partial charge in [-0.3, -0.25) is 10.1 Å². The smallest absolute Gasteiger partial charge is 0.344 e. The fraction of sp³-hybridized carbons (Fsp3) is 0.364. The number of aliphatic carboxylic acids is 1. The van der Waals surface area contributed by atoms with Crippen LogP contribution in [0, 0.1) is 17.0 Å². The van der Waals surface area contributed by atoms with E-state index in [1.54, 1.807) is 6.92 Å². The maximum atomic E-state index is 10.9. The van der Waals surface area contributed by atoms with Crippen LogP contribution in [-0.4, -0.2) is 28.6 Å². The molecule has 0 aliphatic rings. The van der Waals surface area contributed by atoms with Crippen LogP contribution in [0.3, 0.4) is 0 Å². The summed E-state index contributed by atoms with van der Waals surface area (Å²) in [6.45, 7) is 1.80. The van der Waals surface area contributed by atoms with Crippen LogP contribution in [0.4, 0.5) is 5.69 Å². The molecule has 0 fully saturated rings. The van der Waals surface area contributed by atoms with E-state index in [9.17, 15) is 14.9 Å². The minimum atomic E-state index is -1.11. The molecule has 0 radical (unpaired) electrons. The molecule has 7 heteroatoms. The van der Waals surface area contributed by atoms with E-state index < -0.39 is 17.0 Å². The fourth-order valence-electron chi connectivity index (χ4n) is 1.42. The lowest BCUT2D eigenvalue weighted by Crippen LogP contribution is -2.29. The molecule has 18 heavy (non-hydrogen) atoms. The lowest BCUT2D eigenvalue weighted by atomic mass is 10.2. The molecule has 0 spiro atoms. The fourth-order valence-corrected chi connectivity index (χ4v) is 1.42. The van der Waals surface area contributed by atoms with Gasteiger partial charge in [-0.1, -0.05) is 0 Å². The molecule has 1 atom stereocenters. The van der Waals surface area contributed by atoms with Gasteiger partial charge in [-0.25, -0.2) is 4.79 Å². The molecular weight excluding hydrogens is 240 g/mol. The predicted octanol–water partition coefficient (Wildman–Crippen LogP) is 1.08. The summed E-state index contributed by atoms with van der Waals surface area (Å²) >= 11 is 0. The number of nitrogens with zero attached hydrogens (tertiary/aromatic N) is 1. The Labute approximate surface area is 103 Å². The number of nitro groups is 1. The molecule has 0 aromatic heterocycles. The van der Waals surface area contributed by atoms with E-state index in [0.29, 0.717) is 11.3 Å². The number of ether oxygens (including phenoxy) is 1. The molecule has 0 aliphatic carbocycles. The third-order valence-electron chi connectivity index (χ3n) is 2.34. The lowest BCUT2D eigenvalue weighted by Gasteiger charge is -2.15. The van der Waals surface area contributed by atoms with Crippen LogP contribution in [0.1, 0.15) is 12.0 Å². The Hall–Kier alpha value is -2.15. The number of nitro benzene ring substituents is 1. The summed E-state index contributed by atoms with van der Waals surface area (Å²) in [6, 6.07) is 3.99. The second-order valence-corrected chi connectivity index (χ2v) is 3.73. The molecule has 0 bridgehead atoms. The minimum absolute atomic E-state index is 0.0643. The third-order valence-corrected chi connectivity index (χ3v) is 2.34. The van der Waals surface area contributed by atoms with Gasteiger partial charge in [0.15, 0.2) is 6.10 Å². The lowest BCUT2D eigenvalue weighted by molar-refractivity contribution is -0.384. The summed E-state index contributed by atoms with van der Waals surface area (Å²) in [5.41, 5.74) is 5.73. The quantitative estimate of drug-likeness (QED) is 0.579. The Kier molecular flexibility index (Phi) is 4.61. The normalized spacial score (nSPS) is 11.9. The zero-order valence-corrected chi connectivity index (χ0v) is 9.83. The Morgan fingerprint density at radius 2 is 2.28 bits per heavy atom. The maximum absolute atomic E-state index is 10.9. The highest BCUT2D eigenvalue weighted by Crippen LogP contribution is 2.24. The number of aryl methyl sites for hydroxylation is 1. The van der Waals surface area contributed by atoms with Crippen molar-refractivity contribution in [1.82, 2.24) is 0 Å². The molecule has 1 aromatic rings. The number of carbonyl (C=O) groups is 1. The number of carboxylic acids is 1. The number of rotatable bonds is 6. The highest BCUT2D eigenvalue weighted by Gasteiger charge is 2.20. The molecule has 0 aliphatic heterocycles. The Morgan fingerprint density at radius 1 is 1.61 bits per heavy atom. The molecule has 98 valence electrons. The molecule has 7 nitrogen and oxygen atoms in total. The van der Waals surface area contributed by atoms with E-state index in [4.69, 9.17) is 15.6 Å². The van der Waals surface area contributed by atoms with Crippen LogP contribution in [0.5, 0.6) is 5.75 Å².